The number of amides is 1. The number of likely N-dealkylation sites (tertiary alicyclic amines) is 1. The van der Waals surface area contributed by atoms with Gasteiger partial charge in [-0.05, 0) is 43.5 Å². The van der Waals surface area contributed by atoms with Crippen LogP contribution in [-0.4, -0.2) is 30.4 Å². The lowest BCUT2D eigenvalue weighted by Gasteiger charge is -2.31. The number of halogens is 2. The van der Waals surface area contributed by atoms with Crippen molar-refractivity contribution < 1.29 is 4.79 Å². The molecule has 1 aliphatic rings. The Morgan fingerprint density at radius 1 is 1.44 bits per heavy atom. The van der Waals surface area contributed by atoms with Crippen molar-refractivity contribution in [2.45, 2.75) is 12.8 Å². The number of hydrogen-bond donors (Lipinski definition) is 1. The minimum absolute atomic E-state index is 0.0166. The van der Waals surface area contributed by atoms with Crippen molar-refractivity contribution in [3.8, 4) is 0 Å². The van der Waals surface area contributed by atoms with Gasteiger partial charge in [0.25, 0.3) is 5.91 Å². The van der Waals surface area contributed by atoms with Gasteiger partial charge in [-0.25, -0.2) is 0 Å². The van der Waals surface area contributed by atoms with Gasteiger partial charge in [0.2, 0.25) is 0 Å². The summed E-state index contributed by atoms with van der Waals surface area (Å²) in [7, 11) is 0. The lowest BCUT2D eigenvalue weighted by Crippen LogP contribution is -2.40. The lowest BCUT2D eigenvalue weighted by atomic mass is 9.96. The Kier molecular flexibility index (Phi) is 4.65. The highest BCUT2D eigenvalue weighted by molar-refractivity contribution is 9.10. The summed E-state index contributed by atoms with van der Waals surface area (Å²) < 4.78 is 0.880. The minimum Gasteiger partial charge on any atom is -0.339 e. The fourth-order valence-corrected chi connectivity index (χ4v) is 2.96. The molecule has 0 aliphatic carbocycles. The fourth-order valence-electron chi connectivity index (χ4n) is 2.21. The van der Waals surface area contributed by atoms with Gasteiger partial charge in [-0.15, -0.1) is 0 Å². The molecule has 0 aromatic heterocycles. The van der Waals surface area contributed by atoms with E-state index in [2.05, 4.69) is 15.9 Å². The first-order chi connectivity index (χ1) is 8.61. The highest BCUT2D eigenvalue weighted by Gasteiger charge is 2.24. The van der Waals surface area contributed by atoms with Gasteiger partial charge in [-0.1, -0.05) is 27.5 Å². The minimum atomic E-state index is 0.0166. The van der Waals surface area contributed by atoms with Crippen LogP contribution in [0.1, 0.15) is 23.2 Å². The molecule has 2 rings (SSSR count). The summed E-state index contributed by atoms with van der Waals surface area (Å²) in [6.07, 6.45) is 1.97. The van der Waals surface area contributed by atoms with E-state index >= 15 is 0 Å². The molecule has 1 heterocycles. The number of carbonyl (C=O) groups is 1. The maximum atomic E-state index is 12.3. The molecule has 1 aromatic carbocycles. The van der Waals surface area contributed by atoms with E-state index in [1.807, 2.05) is 11.0 Å². The zero-order valence-electron chi connectivity index (χ0n) is 10.0. The lowest BCUT2D eigenvalue weighted by molar-refractivity contribution is 0.0693. The maximum Gasteiger partial charge on any atom is 0.255 e. The molecule has 3 nitrogen and oxygen atoms in total. The average molecular weight is 332 g/mol. The average Bonchev–Trinajstić information content (AvgIpc) is 2.38. The number of benzene rings is 1. The topological polar surface area (TPSA) is 46.3 Å². The van der Waals surface area contributed by atoms with Gasteiger partial charge in [-0.3, -0.25) is 4.79 Å². The van der Waals surface area contributed by atoms with E-state index in [1.54, 1.807) is 12.1 Å². The molecule has 1 fully saturated rings. The van der Waals surface area contributed by atoms with E-state index in [0.717, 1.165) is 30.4 Å². The zero-order valence-corrected chi connectivity index (χ0v) is 12.4. The Bertz CT molecular complexity index is 445. The summed E-state index contributed by atoms with van der Waals surface area (Å²) in [4.78, 5) is 14.2. The quantitative estimate of drug-likeness (QED) is 0.905. The molecular weight excluding hydrogens is 316 g/mol. The molecule has 0 bridgehead atoms. The Morgan fingerprint density at radius 2 is 2.11 bits per heavy atom. The standard InChI is InChI=1S/C13H16BrClN2O/c14-10-1-2-11(12(15)7-10)13(18)17-5-3-9(8-16)4-6-17/h1-2,7,9H,3-6,8,16H2. The molecule has 1 saturated heterocycles. The van der Waals surface area contributed by atoms with E-state index in [9.17, 15) is 4.79 Å². The van der Waals surface area contributed by atoms with Crippen molar-refractivity contribution in [1.29, 1.82) is 0 Å². The van der Waals surface area contributed by atoms with E-state index < -0.39 is 0 Å². The first-order valence-electron chi connectivity index (χ1n) is 6.06. The van der Waals surface area contributed by atoms with Gasteiger partial charge in [0.15, 0.2) is 0 Å². The summed E-state index contributed by atoms with van der Waals surface area (Å²) >= 11 is 9.44. The molecule has 98 valence electrons. The Hall–Kier alpha value is -0.580. The highest BCUT2D eigenvalue weighted by atomic mass is 79.9. The van der Waals surface area contributed by atoms with Crippen molar-refractivity contribution in [3.05, 3.63) is 33.3 Å². The number of nitrogens with two attached hydrogens (primary N) is 1. The van der Waals surface area contributed by atoms with Crippen LogP contribution in [0.25, 0.3) is 0 Å². The third-order valence-electron chi connectivity index (χ3n) is 3.40. The van der Waals surface area contributed by atoms with Gasteiger partial charge >= 0.3 is 0 Å². The van der Waals surface area contributed by atoms with Crippen LogP contribution in [0.5, 0.6) is 0 Å². The molecule has 0 unspecified atom stereocenters. The van der Waals surface area contributed by atoms with Gasteiger partial charge in [0.05, 0.1) is 10.6 Å². The van der Waals surface area contributed by atoms with Gasteiger partial charge < -0.3 is 10.6 Å². The van der Waals surface area contributed by atoms with Crippen LogP contribution in [0.2, 0.25) is 5.02 Å². The summed E-state index contributed by atoms with van der Waals surface area (Å²) in [5.41, 5.74) is 6.22. The molecular formula is C13H16BrClN2O. The summed E-state index contributed by atoms with van der Waals surface area (Å²) in [6.45, 7) is 2.25. The van der Waals surface area contributed by atoms with Crippen LogP contribution >= 0.6 is 27.5 Å². The first-order valence-corrected chi connectivity index (χ1v) is 7.23. The van der Waals surface area contributed by atoms with Crippen LogP contribution < -0.4 is 5.73 Å². The second-order valence-corrected chi connectivity index (χ2v) is 5.92. The molecule has 0 saturated carbocycles. The van der Waals surface area contributed by atoms with Gasteiger partial charge in [0, 0.05) is 17.6 Å². The smallest absolute Gasteiger partial charge is 0.255 e. The van der Waals surface area contributed by atoms with Crippen LogP contribution in [0.3, 0.4) is 0 Å². The van der Waals surface area contributed by atoms with Crippen LogP contribution in [-0.2, 0) is 0 Å². The van der Waals surface area contributed by atoms with Crippen molar-refractivity contribution in [2.24, 2.45) is 11.7 Å². The Balaban J connectivity index is 2.08. The van der Waals surface area contributed by atoms with Crippen molar-refractivity contribution in [3.63, 3.8) is 0 Å². The molecule has 0 atom stereocenters. The van der Waals surface area contributed by atoms with E-state index in [1.165, 1.54) is 0 Å². The summed E-state index contributed by atoms with van der Waals surface area (Å²) in [6, 6.07) is 5.36. The monoisotopic (exact) mass is 330 g/mol. The summed E-state index contributed by atoms with van der Waals surface area (Å²) in [5.74, 6) is 0.567. The first kappa shape index (κ1) is 13.8. The molecule has 1 amide bonds. The fraction of sp³-hybridized carbons (Fsp3) is 0.462. The number of piperidine rings is 1. The second kappa shape index (κ2) is 6.04. The van der Waals surface area contributed by atoms with Crippen molar-refractivity contribution in [1.82, 2.24) is 4.90 Å². The number of carbonyl (C=O) groups excluding carboxylic acids is 1. The van der Waals surface area contributed by atoms with E-state index in [0.29, 0.717) is 23.0 Å². The van der Waals surface area contributed by atoms with Crippen molar-refractivity contribution >= 4 is 33.4 Å². The number of hydrogen-bond acceptors (Lipinski definition) is 2. The van der Waals surface area contributed by atoms with Crippen molar-refractivity contribution in [2.75, 3.05) is 19.6 Å². The van der Waals surface area contributed by atoms with Gasteiger partial charge in [0.1, 0.15) is 0 Å². The molecule has 0 radical (unpaired) electrons. The predicted octanol–water partition coefficient (Wildman–Crippen LogP) is 2.91. The van der Waals surface area contributed by atoms with E-state index in [4.69, 9.17) is 17.3 Å². The van der Waals surface area contributed by atoms with Crippen LogP contribution in [0.15, 0.2) is 22.7 Å². The van der Waals surface area contributed by atoms with E-state index in [-0.39, 0.29) is 5.91 Å². The third kappa shape index (κ3) is 3.05. The Labute approximate surface area is 120 Å². The zero-order chi connectivity index (χ0) is 13.1. The van der Waals surface area contributed by atoms with Crippen LogP contribution in [0.4, 0.5) is 0 Å². The normalized spacial score (nSPS) is 16.9. The third-order valence-corrected chi connectivity index (χ3v) is 4.20. The maximum absolute atomic E-state index is 12.3. The van der Waals surface area contributed by atoms with Gasteiger partial charge in [-0.2, -0.15) is 0 Å². The molecule has 0 spiro atoms. The Morgan fingerprint density at radius 3 is 2.67 bits per heavy atom. The summed E-state index contributed by atoms with van der Waals surface area (Å²) in [5, 5.41) is 0.496. The number of nitrogens with zero attached hydrogens (tertiary/aromatic N) is 1. The molecule has 1 aromatic rings. The highest BCUT2D eigenvalue weighted by Crippen LogP contribution is 2.24. The molecule has 1 aliphatic heterocycles. The second-order valence-electron chi connectivity index (χ2n) is 4.60. The number of rotatable bonds is 2. The predicted molar refractivity (Wildman–Crippen MR) is 76.8 cm³/mol. The van der Waals surface area contributed by atoms with Crippen LogP contribution in [0, 0.1) is 5.92 Å². The SMILES string of the molecule is NCC1CCN(C(=O)c2ccc(Br)cc2Cl)CC1. The molecule has 18 heavy (non-hydrogen) atoms. The largest absolute Gasteiger partial charge is 0.339 e. The molecule has 5 heteroatoms. The molecule has 2 N–H and O–H groups in total.